The van der Waals surface area contributed by atoms with Crippen molar-refractivity contribution in [1.82, 2.24) is 4.57 Å². The van der Waals surface area contributed by atoms with Crippen molar-refractivity contribution in [1.29, 1.82) is 0 Å². The van der Waals surface area contributed by atoms with E-state index >= 15 is 0 Å². The van der Waals surface area contributed by atoms with Crippen molar-refractivity contribution in [2.24, 2.45) is 13.6 Å². The molecule has 0 amide bonds. The summed E-state index contributed by atoms with van der Waals surface area (Å²) in [4.78, 5) is 10.5. The SMILES string of the molecule is Cn1cc[si](C)c1C(=O)O. The Morgan fingerprint density at radius 1 is 1.80 bits per heavy atom. The molecule has 0 unspecified atom stereocenters. The van der Waals surface area contributed by atoms with E-state index in [2.05, 4.69) is 0 Å². The number of hydrogen-bond acceptors (Lipinski definition) is 1. The van der Waals surface area contributed by atoms with E-state index in [9.17, 15) is 4.79 Å². The molecule has 0 bridgehead atoms. The second kappa shape index (κ2) is 2.38. The van der Waals surface area contributed by atoms with Crippen LogP contribution in [0.5, 0.6) is 0 Å². The fraction of sp³-hybridized carbons (Fsp3) is 0.333. The predicted octanol–water partition coefficient (Wildman–Crippen LogP) is 0.286. The number of aromatic carboxylic acids is 1. The van der Waals surface area contributed by atoms with Crippen LogP contribution in [-0.2, 0) is 13.6 Å². The monoisotopic (exact) mass is 155 g/mol. The quantitative estimate of drug-likeness (QED) is 0.592. The normalized spacial score (nSPS) is 9.80. The van der Waals surface area contributed by atoms with Gasteiger partial charge in [0.2, 0.25) is 0 Å². The van der Waals surface area contributed by atoms with E-state index in [0.717, 1.165) is 0 Å². The third kappa shape index (κ3) is 1.02. The van der Waals surface area contributed by atoms with Crippen LogP contribution in [0.2, 0.25) is 0 Å². The summed E-state index contributed by atoms with van der Waals surface area (Å²) in [5.74, 6) is -0.788. The van der Waals surface area contributed by atoms with Crippen LogP contribution < -0.4 is 0 Å². The van der Waals surface area contributed by atoms with Crippen molar-refractivity contribution in [2.75, 3.05) is 0 Å². The zero-order valence-corrected chi connectivity index (χ0v) is 6.96. The van der Waals surface area contributed by atoms with Gasteiger partial charge in [0.1, 0.15) is 5.30 Å². The van der Waals surface area contributed by atoms with Gasteiger partial charge in [-0.25, -0.2) is 4.79 Å². The van der Waals surface area contributed by atoms with Gasteiger partial charge in [0, 0.05) is 7.05 Å². The van der Waals surface area contributed by atoms with Crippen LogP contribution in [-0.4, -0.2) is 24.0 Å². The molecule has 0 fully saturated rings. The zero-order chi connectivity index (χ0) is 7.72. The van der Waals surface area contributed by atoms with Crippen LogP contribution in [0.15, 0.2) is 11.9 Å². The lowest BCUT2D eigenvalue weighted by atomic mass is 10.7. The van der Waals surface area contributed by atoms with E-state index in [4.69, 9.17) is 5.11 Å². The van der Waals surface area contributed by atoms with E-state index < -0.39 is 14.4 Å². The Hall–Kier alpha value is -0.903. The summed E-state index contributed by atoms with van der Waals surface area (Å²) in [7, 11) is 0.884. The van der Waals surface area contributed by atoms with Crippen molar-refractivity contribution >= 4 is 14.4 Å². The van der Waals surface area contributed by atoms with Gasteiger partial charge in [-0.05, 0) is 6.20 Å². The predicted molar refractivity (Wildman–Crippen MR) is 39.3 cm³/mol. The van der Waals surface area contributed by atoms with Crippen molar-refractivity contribution in [3.05, 3.63) is 17.2 Å². The molecule has 1 aromatic heterocycles. The summed E-state index contributed by atoms with van der Waals surface area (Å²) >= 11 is 0. The smallest absolute Gasteiger partial charge is 0.347 e. The molecular weight excluding hydrogens is 146 g/mol. The number of aromatic nitrogens is 1. The van der Waals surface area contributed by atoms with Gasteiger partial charge in [-0.3, -0.25) is 0 Å². The highest BCUT2D eigenvalue weighted by Gasteiger charge is 2.09. The Morgan fingerprint density at radius 3 is 2.60 bits per heavy atom. The Kier molecular flexibility index (Phi) is 1.71. The van der Waals surface area contributed by atoms with Crippen LogP contribution in [0.25, 0.3) is 0 Å². The average molecular weight is 155 g/mol. The van der Waals surface area contributed by atoms with E-state index in [1.54, 1.807) is 11.6 Å². The van der Waals surface area contributed by atoms with Gasteiger partial charge >= 0.3 is 5.97 Å². The summed E-state index contributed by atoms with van der Waals surface area (Å²) in [6, 6.07) is 0. The summed E-state index contributed by atoms with van der Waals surface area (Å²) in [6.45, 7) is 1.97. The van der Waals surface area contributed by atoms with Crippen molar-refractivity contribution in [2.45, 2.75) is 0 Å². The highest BCUT2D eigenvalue weighted by atomic mass is 28.2. The summed E-state index contributed by atoms with van der Waals surface area (Å²) in [6.07, 6.45) is 1.82. The van der Waals surface area contributed by atoms with Gasteiger partial charge in [0.25, 0.3) is 0 Å². The molecule has 0 aliphatic carbocycles. The van der Waals surface area contributed by atoms with Crippen LogP contribution in [0, 0.1) is 0 Å². The zero-order valence-electron chi connectivity index (χ0n) is 5.96. The van der Waals surface area contributed by atoms with Crippen LogP contribution in [0.4, 0.5) is 0 Å². The first-order chi connectivity index (χ1) is 4.63. The Bertz CT molecular complexity index is 247. The highest BCUT2D eigenvalue weighted by Crippen LogP contribution is 1.96. The highest BCUT2D eigenvalue weighted by molar-refractivity contribution is 6.55. The van der Waals surface area contributed by atoms with E-state index in [0.29, 0.717) is 5.30 Å². The fourth-order valence-electron chi connectivity index (χ4n) is 0.975. The first-order valence-electron chi connectivity index (χ1n) is 2.98. The maximum Gasteiger partial charge on any atom is 0.347 e. The molecule has 0 spiro atoms. The van der Waals surface area contributed by atoms with Gasteiger partial charge in [0.05, 0.1) is 8.40 Å². The Labute approximate surface area is 60.4 Å². The minimum atomic E-state index is -0.881. The number of carboxylic acid groups (broad SMARTS) is 1. The number of nitrogens with zero attached hydrogens (tertiary/aromatic N) is 1. The molecular formula is C6H9NO2Si. The molecule has 0 saturated heterocycles. The minimum Gasteiger partial charge on any atom is -0.477 e. The number of hydrogen-bond donors (Lipinski definition) is 1. The standard InChI is InChI=1S/C6H9NO2Si/c1-7-3-4-10(2)5(7)6(8)9/h3-4H,1-2H3,(H,8,9). The molecule has 0 atom stereocenters. The molecule has 0 aliphatic rings. The molecule has 1 heterocycles. The largest absolute Gasteiger partial charge is 0.477 e. The topological polar surface area (TPSA) is 42.2 Å². The van der Waals surface area contributed by atoms with Crippen molar-refractivity contribution < 1.29 is 9.90 Å². The molecule has 3 nitrogen and oxygen atoms in total. The molecule has 0 aliphatic heterocycles. The fourth-order valence-corrected chi connectivity index (χ4v) is 2.55. The molecule has 0 aromatic carbocycles. The maximum absolute atomic E-state index is 10.5. The molecule has 54 valence electrons. The maximum atomic E-state index is 10.5. The summed E-state index contributed by atoms with van der Waals surface area (Å²) in [5.41, 5.74) is 1.97. The lowest BCUT2D eigenvalue weighted by Gasteiger charge is -1.96. The van der Waals surface area contributed by atoms with Gasteiger partial charge in [-0.1, -0.05) is 12.2 Å². The molecule has 1 N–H and O–H groups in total. The van der Waals surface area contributed by atoms with E-state index in [1.807, 2.05) is 18.4 Å². The minimum absolute atomic E-state index is 0.546. The molecule has 4 heteroatoms. The summed E-state index contributed by atoms with van der Waals surface area (Å²) in [5, 5.41) is 9.21. The molecule has 0 radical (unpaired) electrons. The van der Waals surface area contributed by atoms with Crippen molar-refractivity contribution in [3.8, 4) is 0 Å². The number of carboxylic acids is 1. The molecule has 1 aromatic rings. The first-order valence-corrected chi connectivity index (χ1v) is 5.06. The molecule has 1 rings (SSSR count). The van der Waals surface area contributed by atoms with E-state index in [-0.39, 0.29) is 0 Å². The van der Waals surface area contributed by atoms with Gasteiger partial charge in [-0.15, -0.1) is 0 Å². The Morgan fingerprint density at radius 2 is 2.40 bits per heavy atom. The first kappa shape index (κ1) is 7.21. The lowest BCUT2D eigenvalue weighted by Crippen LogP contribution is -2.11. The van der Waals surface area contributed by atoms with Gasteiger partial charge < -0.3 is 9.67 Å². The Balaban J connectivity index is 3.23. The third-order valence-electron chi connectivity index (χ3n) is 1.48. The number of aryl methyl sites for hydroxylation is 2. The average Bonchev–Trinajstić information content (AvgIpc) is 2.11. The van der Waals surface area contributed by atoms with Crippen molar-refractivity contribution in [3.63, 3.8) is 0 Å². The van der Waals surface area contributed by atoms with Crippen LogP contribution in [0.3, 0.4) is 0 Å². The second-order valence-corrected chi connectivity index (χ2v) is 4.44. The van der Waals surface area contributed by atoms with E-state index in [1.165, 1.54) is 0 Å². The third-order valence-corrected chi connectivity index (χ3v) is 3.44. The summed E-state index contributed by atoms with van der Waals surface area (Å²) < 4.78 is 1.68. The van der Waals surface area contributed by atoms with Crippen LogP contribution >= 0.6 is 0 Å². The number of carbonyl (C=O) groups is 1. The van der Waals surface area contributed by atoms with Gasteiger partial charge in [0.15, 0.2) is 0 Å². The molecule has 10 heavy (non-hydrogen) atoms. The number of rotatable bonds is 1. The molecule has 0 saturated carbocycles. The lowest BCUT2D eigenvalue weighted by molar-refractivity contribution is 0.0691. The van der Waals surface area contributed by atoms with Crippen LogP contribution in [0.1, 0.15) is 10.1 Å². The second-order valence-electron chi connectivity index (χ2n) is 2.26. The van der Waals surface area contributed by atoms with Gasteiger partial charge in [-0.2, -0.15) is 0 Å².